The van der Waals surface area contributed by atoms with Crippen LogP contribution in [0.15, 0.2) is 11.8 Å². The lowest BCUT2D eigenvalue weighted by Crippen LogP contribution is -2.47. The van der Waals surface area contributed by atoms with Gasteiger partial charge in [0.1, 0.15) is 5.60 Å². The maximum atomic E-state index is 12.2. The molecule has 2 aliphatic heterocycles. The number of piperidine rings is 1. The van der Waals surface area contributed by atoms with Gasteiger partial charge in [0, 0.05) is 12.1 Å². The molecule has 2 bridgehead atoms. The number of fused-ring (bicyclic) bond motifs is 2. The number of rotatable bonds is 1. The first-order chi connectivity index (χ1) is 8.40. The lowest BCUT2D eigenvalue weighted by Gasteiger charge is -2.36. The maximum Gasteiger partial charge on any atom is 0.410 e. The van der Waals surface area contributed by atoms with Crippen molar-refractivity contribution in [1.29, 1.82) is 0 Å². The zero-order chi connectivity index (χ0) is 13.3. The monoisotopic (exact) mass is 253 g/mol. The summed E-state index contributed by atoms with van der Waals surface area (Å²) in [5.41, 5.74) is 0.893. The van der Waals surface area contributed by atoms with Crippen LogP contribution in [-0.2, 0) is 9.47 Å². The molecule has 0 aromatic rings. The van der Waals surface area contributed by atoms with Gasteiger partial charge >= 0.3 is 6.09 Å². The summed E-state index contributed by atoms with van der Waals surface area (Å²) in [5.74, 6) is 0. The van der Waals surface area contributed by atoms with Crippen molar-refractivity contribution in [2.24, 2.45) is 0 Å². The molecule has 2 saturated heterocycles. The maximum absolute atomic E-state index is 12.2. The summed E-state index contributed by atoms with van der Waals surface area (Å²) < 4.78 is 10.6. The first kappa shape index (κ1) is 13.2. The molecule has 0 spiro atoms. The van der Waals surface area contributed by atoms with Gasteiger partial charge in [-0.25, -0.2) is 4.79 Å². The molecule has 0 aromatic heterocycles. The minimum absolute atomic E-state index is 0.161. The highest BCUT2D eigenvalue weighted by Crippen LogP contribution is 2.39. The summed E-state index contributed by atoms with van der Waals surface area (Å²) in [7, 11) is 1.68. The summed E-state index contributed by atoms with van der Waals surface area (Å²) in [6.07, 6.45) is 5.66. The Bertz CT molecular complexity index is 341. The molecule has 4 heteroatoms. The molecule has 0 N–H and O–H groups in total. The Hall–Kier alpha value is -1.19. The van der Waals surface area contributed by atoms with Gasteiger partial charge in [-0.3, -0.25) is 0 Å². The van der Waals surface area contributed by atoms with E-state index in [1.165, 1.54) is 5.57 Å². The molecule has 0 radical (unpaired) electrons. The van der Waals surface area contributed by atoms with E-state index in [1.807, 2.05) is 31.9 Å². The summed E-state index contributed by atoms with van der Waals surface area (Å²) in [6, 6.07) is 0.583. The van der Waals surface area contributed by atoms with Gasteiger partial charge in [-0.1, -0.05) is 0 Å². The average Bonchev–Trinajstić information content (AvgIpc) is 2.49. The van der Waals surface area contributed by atoms with Gasteiger partial charge in [-0.15, -0.1) is 0 Å². The van der Waals surface area contributed by atoms with Gasteiger partial charge in [0.15, 0.2) is 0 Å². The molecule has 2 fully saturated rings. The molecule has 2 atom stereocenters. The minimum atomic E-state index is -0.417. The van der Waals surface area contributed by atoms with E-state index in [1.54, 1.807) is 7.11 Å². The first-order valence-corrected chi connectivity index (χ1v) is 6.63. The molecule has 18 heavy (non-hydrogen) atoms. The molecule has 102 valence electrons. The molecular weight excluding hydrogens is 230 g/mol. The third-order valence-corrected chi connectivity index (χ3v) is 3.50. The van der Waals surface area contributed by atoms with E-state index in [2.05, 4.69) is 0 Å². The third kappa shape index (κ3) is 2.79. The predicted molar refractivity (Wildman–Crippen MR) is 69.2 cm³/mol. The van der Waals surface area contributed by atoms with Gasteiger partial charge in [-0.05, 0) is 52.0 Å². The number of amides is 1. The van der Waals surface area contributed by atoms with Crippen molar-refractivity contribution in [3.63, 3.8) is 0 Å². The van der Waals surface area contributed by atoms with Crippen LogP contribution in [0.25, 0.3) is 0 Å². The van der Waals surface area contributed by atoms with Crippen molar-refractivity contribution in [3.8, 4) is 0 Å². The topological polar surface area (TPSA) is 38.8 Å². The molecule has 0 aromatic carbocycles. The SMILES string of the molecule is COC=C1CC2CCC(C1)N2C(=O)OC(C)(C)C. The number of methoxy groups -OCH3 is 1. The largest absolute Gasteiger partial charge is 0.504 e. The Morgan fingerprint density at radius 2 is 1.83 bits per heavy atom. The number of carbonyl (C=O) groups excluding carboxylic acids is 1. The van der Waals surface area contributed by atoms with Crippen LogP contribution in [0.2, 0.25) is 0 Å². The van der Waals surface area contributed by atoms with Crippen molar-refractivity contribution in [3.05, 3.63) is 11.8 Å². The van der Waals surface area contributed by atoms with E-state index < -0.39 is 5.60 Å². The lowest BCUT2D eigenvalue weighted by molar-refractivity contribution is 0.0113. The molecule has 2 heterocycles. The highest BCUT2D eigenvalue weighted by Gasteiger charge is 2.43. The molecular formula is C14H23NO3. The number of nitrogens with zero attached hydrogens (tertiary/aromatic N) is 1. The van der Waals surface area contributed by atoms with Crippen LogP contribution in [0.3, 0.4) is 0 Å². The number of carbonyl (C=O) groups is 1. The second-order valence-electron chi connectivity index (χ2n) is 6.19. The number of hydrogen-bond donors (Lipinski definition) is 0. The van der Waals surface area contributed by atoms with Crippen LogP contribution >= 0.6 is 0 Å². The lowest BCUT2D eigenvalue weighted by atomic mass is 9.98. The van der Waals surface area contributed by atoms with Gasteiger partial charge < -0.3 is 14.4 Å². The van der Waals surface area contributed by atoms with Gasteiger partial charge in [0.2, 0.25) is 0 Å². The summed E-state index contributed by atoms with van der Waals surface area (Å²) in [6.45, 7) is 5.73. The van der Waals surface area contributed by atoms with Gasteiger partial charge in [0.05, 0.1) is 13.4 Å². The summed E-state index contributed by atoms with van der Waals surface area (Å²) >= 11 is 0. The van der Waals surface area contributed by atoms with Crippen molar-refractivity contribution < 1.29 is 14.3 Å². The first-order valence-electron chi connectivity index (χ1n) is 6.63. The van der Waals surface area contributed by atoms with Crippen LogP contribution < -0.4 is 0 Å². The minimum Gasteiger partial charge on any atom is -0.504 e. The van der Waals surface area contributed by atoms with E-state index in [-0.39, 0.29) is 6.09 Å². The Kier molecular flexibility index (Phi) is 3.55. The fourth-order valence-electron chi connectivity index (χ4n) is 2.93. The van der Waals surface area contributed by atoms with Crippen molar-refractivity contribution >= 4 is 6.09 Å². The molecule has 2 aliphatic rings. The zero-order valence-corrected chi connectivity index (χ0v) is 11.7. The smallest absolute Gasteiger partial charge is 0.410 e. The van der Waals surface area contributed by atoms with Crippen LogP contribution in [0.5, 0.6) is 0 Å². The Morgan fingerprint density at radius 1 is 1.28 bits per heavy atom. The van der Waals surface area contributed by atoms with Crippen molar-refractivity contribution in [1.82, 2.24) is 4.90 Å². The van der Waals surface area contributed by atoms with Crippen LogP contribution in [0, 0.1) is 0 Å². The van der Waals surface area contributed by atoms with E-state index in [9.17, 15) is 4.79 Å². The second-order valence-corrected chi connectivity index (χ2v) is 6.19. The summed E-state index contributed by atoms with van der Waals surface area (Å²) in [5, 5.41) is 0. The standard InChI is InChI=1S/C14H23NO3/c1-14(2,3)18-13(16)15-11-5-6-12(15)8-10(7-11)9-17-4/h9,11-12H,5-8H2,1-4H3. The van der Waals surface area contributed by atoms with Crippen molar-refractivity contribution in [2.45, 2.75) is 64.1 Å². The van der Waals surface area contributed by atoms with Gasteiger partial charge in [0.25, 0.3) is 0 Å². The molecule has 0 saturated carbocycles. The van der Waals surface area contributed by atoms with E-state index in [4.69, 9.17) is 9.47 Å². The Balaban J connectivity index is 2.05. The van der Waals surface area contributed by atoms with Crippen LogP contribution in [-0.4, -0.2) is 35.8 Å². The Labute approximate surface area is 109 Å². The van der Waals surface area contributed by atoms with Crippen LogP contribution in [0.4, 0.5) is 4.79 Å². The molecule has 0 aliphatic carbocycles. The molecule has 2 unspecified atom stereocenters. The number of ether oxygens (including phenoxy) is 2. The second kappa shape index (κ2) is 4.82. The molecule has 2 rings (SSSR count). The predicted octanol–water partition coefficient (Wildman–Crippen LogP) is 3.08. The molecule has 1 amide bonds. The van der Waals surface area contributed by atoms with Crippen molar-refractivity contribution in [2.75, 3.05) is 7.11 Å². The Morgan fingerprint density at radius 3 is 2.28 bits per heavy atom. The number of hydrogen-bond acceptors (Lipinski definition) is 3. The van der Waals surface area contributed by atoms with Gasteiger partial charge in [-0.2, -0.15) is 0 Å². The van der Waals surface area contributed by atoms with Crippen LogP contribution in [0.1, 0.15) is 46.5 Å². The highest BCUT2D eigenvalue weighted by atomic mass is 16.6. The van der Waals surface area contributed by atoms with E-state index in [0.717, 1.165) is 25.7 Å². The molecule has 4 nitrogen and oxygen atoms in total. The fourth-order valence-corrected chi connectivity index (χ4v) is 2.93. The summed E-state index contributed by atoms with van der Waals surface area (Å²) in [4.78, 5) is 14.1. The fraction of sp³-hybridized carbons (Fsp3) is 0.786. The normalized spacial score (nSPS) is 27.1. The van der Waals surface area contributed by atoms with E-state index >= 15 is 0 Å². The highest BCUT2D eigenvalue weighted by molar-refractivity contribution is 5.70. The zero-order valence-electron chi connectivity index (χ0n) is 11.7. The average molecular weight is 253 g/mol. The third-order valence-electron chi connectivity index (χ3n) is 3.50. The quantitative estimate of drug-likeness (QED) is 0.674. The van der Waals surface area contributed by atoms with E-state index in [0.29, 0.717) is 12.1 Å².